The summed E-state index contributed by atoms with van der Waals surface area (Å²) in [5.74, 6) is 0.297. The van der Waals surface area contributed by atoms with Crippen LogP contribution in [0, 0.1) is 0 Å². The van der Waals surface area contributed by atoms with Gasteiger partial charge in [0.25, 0.3) is 0 Å². The zero-order valence-corrected chi connectivity index (χ0v) is 11.4. The van der Waals surface area contributed by atoms with E-state index in [1.54, 1.807) is 6.20 Å². The molecular formula is C15H22N2O. The molecule has 1 aromatic rings. The van der Waals surface area contributed by atoms with Crippen molar-refractivity contribution in [1.82, 2.24) is 9.88 Å². The molecule has 1 unspecified atom stereocenters. The number of carbonyl (C=O) groups is 1. The Bertz CT molecular complexity index is 398. The van der Waals surface area contributed by atoms with Crippen molar-refractivity contribution in [3.8, 4) is 0 Å². The van der Waals surface area contributed by atoms with Crippen LogP contribution in [-0.4, -0.2) is 34.3 Å². The largest absolute Gasteiger partial charge is 0.297 e. The van der Waals surface area contributed by atoms with Crippen LogP contribution >= 0.6 is 0 Å². The Labute approximate surface area is 109 Å². The summed E-state index contributed by atoms with van der Waals surface area (Å²) in [6, 6.07) is 5.75. The first-order valence-electron chi connectivity index (χ1n) is 6.85. The average molecular weight is 246 g/mol. The van der Waals surface area contributed by atoms with Crippen LogP contribution in [0.2, 0.25) is 0 Å². The molecular weight excluding hydrogens is 224 g/mol. The summed E-state index contributed by atoms with van der Waals surface area (Å²) < 4.78 is 0. The number of rotatable bonds is 5. The fourth-order valence-corrected chi connectivity index (χ4v) is 2.67. The molecule has 1 atom stereocenters. The third kappa shape index (κ3) is 2.61. The van der Waals surface area contributed by atoms with E-state index in [1.165, 1.54) is 12.8 Å². The second kappa shape index (κ2) is 5.61. The number of aromatic nitrogens is 1. The van der Waals surface area contributed by atoms with E-state index >= 15 is 0 Å². The lowest BCUT2D eigenvalue weighted by molar-refractivity contribution is -0.129. The van der Waals surface area contributed by atoms with Crippen LogP contribution in [0.1, 0.15) is 38.8 Å². The Morgan fingerprint density at radius 2 is 2.11 bits per heavy atom. The van der Waals surface area contributed by atoms with Gasteiger partial charge in [-0.1, -0.05) is 13.0 Å². The Morgan fingerprint density at radius 3 is 2.67 bits per heavy atom. The summed E-state index contributed by atoms with van der Waals surface area (Å²) >= 11 is 0. The minimum Gasteiger partial charge on any atom is -0.297 e. The number of likely N-dealkylation sites (tertiary alicyclic amines) is 1. The van der Waals surface area contributed by atoms with Gasteiger partial charge in [0.2, 0.25) is 0 Å². The van der Waals surface area contributed by atoms with Crippen molar-refractivity contribution in [2.24, 2.45) is 0 Å². The Morgan fingerprint density at radius 1 is 1.39 bits per heavy atom. The van der Waals surface area contributed by atoms with E-state index in [1.807, 2.05) is 18.2 Å². The van der Waals surface area contributed by atoms with Gasteiger partial charge >= 0.3 is 0 Å². The minimum absolute atomic E-state index is 0.297. The molecule has 18 heavy (non-hydrogen) atoms. The molecule has 0 N–H and O–H groups in total. The van der Waals surface area contributed by atoms with Gasteiger partial charge in [-0.15, -0.1) is 0 Å². The van der Waals surface area contributed by atoms with Gasteiger partial charge in [0.05, 0.1) is 12.0 Å². The first-order valence-corrected chi connectivity index (χ1v) is 6.85. The molecule has 98 valence electrons. The van der Waals surface area contributed by atoms with Crippen molar-refractivity contribution in [2.75, 3.05) is 13.1 Å². The third-order valence-electron chi connectivity index (χ3n) is 4.16. The maximum Gasteiger partial charge on any atom is 0.158 e. The number of pyridine rings is 1. The number of nitrogens with zero attached hydrogens (tertiary/aromatic N) is 2. The summed E-state index contributed by atoms with van der Waals surface area (Å²) in [5, 5.41) is 0. The fourth-order valence-electron chi connectivity index (χ4n) is 2.67. The van der Waals surface area contributed by atoms with Gasteiger partial charge in [-0.25, -0.2) is 0 Å². The highest BCUT2D eigenvalue weighted by atomic mass is 16.1. The van der Waals surface area contributed by atoms with E-state index in [2.05, 4.69) is 23.7 Å². The van der Waals surface area contributed by atoms with E-state index in [4.69, 9.17) is 0 Å². The second-order valence-corrected chi connectivity index (χ2v) is 5.24. The zero-order chi connectivity index (χ0) is 13.0. The molecule has 0 spiro atoms. The van der Waals surface area contributed by atoms with Gasteiger partial charge in [0, 0.05) is 11.9 Å². The normalized spacial score (nSPS) is 19.7. The highest BCUT2D eigenvalue weighted by Crippen LogP contribution is 2.26. The van der Waals surface area contributed by atoms with Crippen LogP contribution in [0.4, 0.5) is 0 Å². The predicted octanol–water partition coefficient (Wildman–Crippen LogP) is 2.46. The van der Waals surface area contributed by atoms with E-state index in [9.17, 15) is 4.79 Å². The quantitative estimate of drug-likeness (QED) is 0.800. The first-order chi connectivity index (χ1) is 8.66. The summed E-state index contributed by atoms with van der Waals surface area (Å²) in [7, 11) is 0. The summed E-state index contributed by atoms with van der Waals surface area (Å²) in [4.78, 5) is 19.2. The number of carbonyl (C=O) groups excluding carboxylic acids is 1. The average Bonchev–Trinajstić information content (AvgIpc) is 2.93. The molecule has 3 nitrogen and oxygen atoms in total. The van der Waals surface area contributed by atoms with Crippen LogP contribution in [0.3, 0.4) is 0 Å². The zero-order valence-electron chi connectivity index (χ0n) is 11.4. The summed E-state index contributed by atoms with van der Waals surface area (Å²) in [5.41, 5.74) is 0.565. The van der Waals surface area contributed by atoms with Crippen LogP contribution in [-0.2, 0) is 11.2 Å². The van der Waals surface area contributed by atoms with Crippen molar-refractivity contribution in [2.45, 2.75) is 45.1 Å². The lowest BCUT2D eigenvalue weighted by atomic mass is 9.88. The van der Waals surface area contributed by atoms with E-state index in [-0.39, 0.29) is 5.54 Å². The Kier molecular flexibility index (Phi) is 4.12. The smallest absolute Gasteiger partial charge is 0.158 e. The lowest BCUT2D eigenvalue weighted by Gasteiger charge is -2.36. The molecule has 1 aliphatic rings. The van der Waals surface area contributed by atoms with E-state index in [0.29, 0.717) is 12.2 Å². The standard InChI is InChI=1S/C15H22N2O/c1-3-15(2,17-10-6-7-11-17)14(18)12-13-8-4-5-9-16-13/h4-5,8-9H,3,6-7,10-12H2,1-2H3. The SMILES string of the molecule is CCC(C)(C(=O)Cc1ccccn1)N1CCCC1. The van der Waals surface area contributed by atoms with Crippen molar-refractivity contribution in [3.63, 3.8) is 0 Å². The first kappa shape index (κ1) is 13.2. The van der Waals surface area contributed by atoms with Gasteiger partial charge in [0.15, 0.2) is 5.78 Å². The van der Waals surface area contributed by atoms with Gasteiger partial charge in [-0.3, -0.25) is 14.7 Å². The molecule has 1 fully saturated rings. The molecule has 0 aliphatic carbocycles. The highest BCUT2D eigenvalue weighted by Gasteiger charge is 2.38. The molecule has 0 aromatic carbocycles. The van der Waals surface area contributed by atoms with Gasteiger partial charge in [0.1, 0.15) is 0 Å². The number of ketones is 1. The third-order valence-corrected chi connectivity index (χ3v) is 4.16. The summed E-state index contributed by atoms with van der Waals surface area (Å²) in [6.45, 7) is 6.30. The van der Waals surface area contributed by atoms with Gasteiger partial charge in [-0.2, -0.15) is 0 Å². The van der Waals surface area contributed by atoms with Crippen molar-refractivity contribution < 1.29 is 4.79 Å². The van der Waals surface area contributed by atoms with Gasteiger partial charge in [-0.05, 0) is 51.4 Å². The monoisotopic (exact) mass is 246 g/mol. The highest BCUT2D eigenvalue weighted by molar-refractivity contribution is 5.89. The molecule has 0 bridgehead atoms. The molecule has 0 amide bonds. The van der Waals surface area contributed by atoms with Crippen LogP contribution in [0.25, 0.3) is 0 Å². The van der Waals surface area contributed by atoms with E-state index < -0.39 is 0 Å². The Balaban J connectivity index is 2.09. The van der Waals surface area contributed by atoms with Crippen molar-refractivity contribution >= 4 is 5.78 Å². The van der Waals surface area contributed by atoms with Crippen LogP contribution < -0.4 is 0 Å². The number of hydrogen-bond donors (Lipinski definition) is 0. The molecule has 1 aliphatic heterocycles. The molecule has 2 rings (SSSR count). The summed E-state index contributed by atoms with van der Waals surface area (Å²) in [6.07, 6.45) is 5.50. The number of hydrogen-bond acceptors (Lipinski definition) is 3. The molecule has 2 heterocycles. The maximum absolute atomic E-state index is 12.6. The molecule has 3 heteroatoms. The van der Waals surface area contributed by atoms with Crippen molar-refractivity contribution in [3.05, 3.63) is 30.1 Å². The molecule has 0 radical (unpaired) electrons. The molecule has 1 aromatic heterocycles. The van der Waals surface area contributed by atoms with Crippen molar-refractivity contribution in [1.29, 1.82) is 0 Å². The van der Waals surface area contributed by atoms with Gasteiger partial charge < -0.3 is 0 Å². The van der Waals surface area contributed by atoms with Crippen LogP contribution in [0.5, 0.6) is 0 Å². The topological polar surface area (TPSA) is 33.2 Å². The number of Topliss-reactive ketones (excluding diaryl/α,β-unsaturated/α-hetero) is 1. The predicted molar refractivity (Wildman–Crippen MR) is 72.5 cm³/mol. The van der Waals surface area contributed by atoms with Crippen LogP contribution in [0.15, 0.2) is 24.4 Å². The molecule has 1 saturated heterocycles. The second-order valence-electron chi connectivity index (χ2n) is 5.24. The maximum atomic E-state index is 12.6. The Hall–Kier alpha value is -1.22. The lowest BCUT2D eigenvalue weighted by Crippen LogP contribution is -2.51. The fraction of sp³-hybridized carbons (Fsp3) is 0.600. The van der Waals surface area contributed by atoms with E-state index in [0.717, 1.165) is 25.2 Å². The minimum atomic E-state index is -0.311. The molecule has 0 saturated carbocycles.